The van der Waals surface area contributed by atoms with Crippen molar-refractivity contribution in [1.29, 1.82) is 0 Å². The fourth-order valence-corrected chi connectivity index (χ4v) is 0.713. The zero-order valence-corrected chi connectivity index (χ0v) is 9.42. The summed E-state index contributed by atoms with van der Waals surface area (Å²) >= 11 is 0. The number of carbonyl (C=O) groups is 2. The molecule has 0 radical (unpaired) electrons. The van der Waals surface area contributed by atoms with Crippen molar-refractivity contribution in [1.82, 2.24) is 5.32 Å². The molecule has 1 atom stereocenters. The van der Waals surface area contributed by atoms with Gasteiger partial charge in [0.2, 0.25) is 5.91 Å². The number of nitrogens with one attached hydrogen (secondary N) is 1. The number of hydrogen-bond donors (Lipinski definition) is 1. The van der Waals surface area contributed by atoms with E-state index in [1.807, 2.05) is 0 Å². The summed E-state index contributed by atoms with van der Waals surface area (Å²) in [5, 5.41) is 2.63. The second-order valence-corrected chi connectivity index (χ2v) is 3.53. The van der Waals surface area contributed by atoms with Crippen LogP contribution in [-0.4, -0.2) is 24.5 Å². The zero-order chi connectivity index (χ0) is 12.0. The van der Waals surface area contributed by atoms with E-state index in [0.717, 1.165) is 0 Å². The molecule has 15 heavy (non-hydrogen) atoms. The predicted molar refractivity (Wildman–Crippen MR) is 58.2 cm³/mol. The Balaban J connectivity index is 3.90. The standard InChI is InChI=1S/C11H17NO3/c1-7(2)10(13)12-9(5)6-15-11(14)8(3)4/h9H,1,3,6H2,2,4-5H3,(H,12,13). The molecule has 0 aromatic carbocycles. The Hall–Kier alpha value is -1.58. The lowest BCUT2D eigenvalue weighted by Crippen LogP contribution is -2.36. The van der Waals surface area contributed by atoms with Crippen molar-refractivity contribution >= 4 is 11.9 Å². The molecule has 0 aliphatic heterocycles. The van der Waals surface area contributed by atoms with Crippen LogP contribution in [0.1, 0.15) is 20.8 Å². The Morgan fingerprint density at radius 2 is 1.80 bits per heavy atom. The number of ether oxygens (including phenoxy) is 1. The van der Waals surface area contributed by atoms with Crippen LogP contribution in [0, 0.1) is 0 Å². The van der Waals surface area contributed by atoms with E-state index in [1.165, 1.54) is 0 Å². The number of hydrogen-bond acceptors (Lipinski definition) is 3. The predicted octanol–water partition coefficient (Wildman–Crippen LogP) is 1.19. The summed E-state index contributed by atoms with van der Waals surface area (Å²) in [4.78, 5) is 22.2. The second kappa shape index (κ2) is 6.01. The maximum atomic E-state index is 11.2. The van der Waals surface area contributed by atoms with Gasteiger partial charge in [0.15, 0.2) is 0 Å². The molecule has 84 valence electrons. The zero-order valence-electron chi connectivity index (χ0n) is 9.42. The largest absolute Gasteiger partial charge is 0.460 e. The van der Waals surface area contributed by atoms with Crippen LogP contribution < -0.4 is 5.32 Å². The van der Waals surface area contributed by atoms with Gasteiger partial charge in [-0.1, -0.05) is 13.2 Å². The molecule has 0 fully saturated rings. The van der Waals surface area contributed by atoms with Gasteiger partial charge in [-0.3, -0.25) is 4.79 Å². The quantitative estimate of drug-likeness (QED) is 0.549. The minimum Gasteiger partial charge on any atom is -0.460 e. The Morgan fingerprint density at radius 1 is 1.27 bits per heavy atom. The van der Waals surface area contributed by atoms with Crippen LogP contribution in [0.2, 0.25) is 0 Å². The third kappa shape index (κ3) is 5.67. The van der Waals surface area contributed by atoms with Crippen LogP contribution in [0.5, 0.6) is 0 Å². The van der Waals surface area contributed by atoms with E-state index in [0.29, 0.717) is 11.1 Å². The molecule has 0 bridgehead atoms. The minimum absolute atomic E-state index is 0.130. The SMILES string of the molecule is C=C(C)C(=O)NC(C)COC(=O)C(=C)C. The highest BCUT2D eigenvalue weighted by Crippen LogP contribution is 1.95. The number of rotatable bonds is 5. The highest BCUT2D eigenvalue weighted by Gasteiger charge is 2.10. The minimum atomic E-state index is -0.452. The first-order valence-corrected chi connectivity index (χ1v) is 4.63. The summed E-state index contributed by atoms with van der Waals surface area (Å²) in [5.41, 5.74) is 0.765. The Bertz CT molecular complexity index is 294. The summed E-state index contributed by atoms with van der Waals surface area (Å²) in [5.74, 6) is -0.694. The van der Waals surface area contributed by atoms with E-state index >= 15 is 0 Å². The summed E-state index contributed by atoms with van der Waals surface area (Å²) in [6, 6.07) is -0.238. The molecule has 1 amide bonds. The smallest absolute Gasteiger partial charge is 0.333 e. The van der Waals surface area contributed by atoms with Crippen LogP contribution in [0.4, 0.5) is 0 Å². The monoisotopic (exact) mass is 211 g/mol. The third-order valence-electron chi connectivity index (χ3n) is 1.58. The van der Waals surface area contributed by atoms with Gasteiger partial charge in [-0.2, -0.15) is 0 Å². The van der Waals surface area contributed by atoms with Crippen LogP contribution in [0.3, 0.4) is 0 Å². The first-order valence-electron chi connectivity index (χ1n) is 4.63. The molecule has 0 aliphatic rings. The molecule has 1 unspecified atom stereocenters. The van der Waals surface area contributed by atoms with Crippen LogP contribution >= 0.6 is 0 Å². The van der Waals surface area contributed by atoms with Gasteiger partial charge in [-0.25, -0.2) is 4.79 Å². The number of esters is 1. The number of amides is 1. The second-order valence-electron chi connectivity index (χ2n) is 3.53. The Morgan fingerprint density at radius 3 is 2.20 bits per heavy atom. The third-order valence-corrected chi connectivity index (χ3v) is 1.58. The van der Waals surface area contributed by atoms with Crippen molar-refractivity contribution < 1.29 is 14.3 Å². The summed E-state index contributed by atoms with van der Waals surface area (Å²) < 4.78 is 4.86. The van der Waals surface area contributed by atoms with Gasteiger partial charge in [0.05, 0.1) is 6.04 Å². The van der Waals surface area contributed by atoms with Crippen LogP contribution in [-0.2, 0) is 14.3 Å². The molecule has 1 N–H and O–H groups in total. The van der Waals surface area contributed by atoms with Gasteiger partial charge in [-0.15, -0.1) is 0 Å². The lowest BCUT2D eigenvalue weighted by molar-refractivity contribution is -0.140. The summed E-state index contributed by atoms with van der Waals surface area (Å²) in [6.07, 6.45) is 0. The normalized spacial score (nSPS) is 11.4. The molecule has 0 aromatic rings. The maximum Gasteiger partial charge on any atom is 0.333 e. The Labute approximate surface area is 90.0 Å². The highest BCUT2D eigenvalue weighted by molar-refractivity contribution is 5.92. The molecule has 0 saturated heterocycles. The van der Waals surface area contributed by atoms with Crippen molar-refractivity contribution in [3.05, 3.63) is 24.3 Å². The van der Waals surface area contributed by atoms with Crippen LogP contribution in [0.25, 0.3) is 0 Å². The molecule has 0 rings (SSSR count). The fraction of sp³-hybridized carbons (Fsp3) is 0.455. The molecule has 4 heteroatoms. The molecular formula is C11H17NO3. The topological polar surface area (TPSA) is 55.4 Å². The first-order chi connectivity index (χ1) is 6.84. The molecule has 0 aliphatic carbocycles. The molecule has 0 heterocycles. The Kier molecular flexibility index (Phi) is 5.37. The van der Waals surface area contributed by atoms with E-state index < -0.39 is 5.97 Å². The average Bonchev–Trinajstić information content (AvgIpc) is 2.13. The molecule has 0 saturated carbocycles. The van der Waals surface area contributed by atoms with Crippen molar-refractivity contribution in [3.8, 4) is 0 Å². The lowest BCUT2D eigenvalue weighted by Gasteiger charge is -2.13. The van der Waals surface area contributed by atoms with Crippen molar-refractivity contribution in [2.45, 2.75) is 26.8 Å². The van der Waals surface area contributed by atoms with Crippen LogP contribution in [0.15, 0.2) is 24.3 Å². The van der Waals surface area contributed by atoms with Gasteiger partial charge in [0.25, 0.3) is 0 Å². The highest BCUT2D eigenvalue weighted by atomic mass is 16.5. The van der Waals surface area contributed by atoms with E-state index in [9.17, 15) is 9.59 Å². The lowest BCUT2D eigenvalue weighted by atomic mass is 10.3. The van der Waals surface area contributed by atoms with Gasteiger partial charge in [-0.05, 0) is 20.8 Å². The maximum absolute atomic E-state index is 11.2. The molecule has 0 aromatic heterocycles. The summed E-state index contributed by atoms with van der Waals surface area (Å²) in [6.45, 7) is 12.0. The van der Waals surface area contributed by atoms with Gasteiger partial charge in [0, 0.05) is 11.1 Å². The van der Waals surface area contributed by atoms with Gasteiger partial charge in [0.1, 0.15) is 6.61 Å². The molecular weight excluding hydrogens is 194 g/mol. The van der Waals surface area contributed by atoms with E-state index in [2.05, 4.69) is 18.5 Å². The van der Waals surface area contributed by atoms with E-state index in [-0.39, 0.29) is 18.6 Å². The van der Waals surface area contributed by atoms with E-state index in [1.54, 1.807) is 20.8 Å². The first kappa shape index (κ1) is 13.4. The van der Waals surface area contributed by atoms with Gasteiger partial charge < -0.3 is 10.1 Å². The molecule has 0 spiro atoms. The van der Waals surface area contributed by atoms with E-state index in [4.69, 9.17) is 4.74 Å². The van der Waals surface area contributed by atoms with Crippen molar-refractivity contribution in [2.24, 2.45) is 0 Å². The van der Waals surface area contributed by atoms with Crippen molar-refractivity contribution in [3.63, 3.8) is 0 Å². The van der Waals surface area contributed by atoms with Crippen molar-refractivity contribution in [2.75, 3.05) is 6.61 Å². The van der Waals surface area contributed by atoms with Gasteiger partial charge >= 0.3 is 5.97 Å². The average molecular weight is 211 g/mol. The fourth-order valence-electron chi connectivity index (χ4n) is 0.713. The summed E-state index contributed by atoms with van der Waals surface area (Å²) in [7, 11) is 0. The number of carbonyl (C=O) groups excluding carboxylic acids is 2. The molecule has 4 nitrogen and oxygen atoms in total.